The van der Waals surface area contributed by atoms with Crippen LogP contribution in [0.15, 0.2) is 36.9 Å². The van der Waals surface area contributed by atoms with Gasteiger partial charge >= 0.3 is 6.09 Å². The van der Waals surface area contributed by atoms with Crippen LogP contribution in [-0.4, -0.2) is 90.0 Å². The van der Waals surface area contributed by atoms with Crippen molar-refractivity contribution < 1.29 is 46.5 Å². The molecule has 4 aliphatic rings. The molecule has 5 atom stereocenters. The fraction of sp³-hybridized carbons (Fsp3) is 0.583. The van der Waals surface area contributed by atoms with Crippen molar-refractivity contribution in [3.63, 3.8) is 0 Å². The molecule has 1 aromatic heterocycles. The van der Waals surface area contributed by atoms with E-state index in [0.29, 0.717) is 29.7 Å². The van der Waals surface area contributed by atoms with E-state index in [2.05, 4.69) is 26.9 Å². The number of nitrogens with zero attached hydrogens (tertiary/aromatic N) is 2. The number of ether oxygens (including phenoxy) is 4. The maximum absolute atomic E-state index is 14.5. The summed E-state index contributed by atoms with van der Waals surface area (Å²) in [4.78, 5) is 61.3. The number of carbonyl (C=O) groups excluding carboxylic acids is 4. The van der Waals surface area contributed by atoms with Gasteiger partial charge in [-0.1, -0.05) is 45.0 Å². The first-order valence-corrected chi connectivity index (χ1v) is 19.0. The molecule has 0 bridgehead atoms. The summed E-state index contributed by atoms with van der Waals surface area (Å²) in [6.07, 6.45) is 0.973. The van der Waals surface area contributed by atoms with E-state index in [4.69, 9.17) is 18.9 Å². The molecular formula is C36H47N5O10S. The van der Waals surface area contributed by atoms with Crippen molar-refractivity contribution in [3.8, 4) is 11.6 Å². The van der Waals surface area contributed by atoms with Gasteiger partial charge in [-0.25, -0.2) is 18.2 Å². The Morgan fingerprint density at radius 3 is 2.40 bits per heavy atom. The van der Waals surface area contributed by atoms with Crippen LogP contribution in [0.1, 0.15) is 72.9 Å². The minimum atomic E-state index is -3.91. The fourth-order valence-corrected chi connectivity index (χ4v) is 8.00. The van der Waals surface area contributed by atoms with E-state index in [1.807, 2.05) is 24.3 Å². The first-order chi connectivity index (χ1) is 24.3. The van der Waals surface area contributed by atoms with Crippen molar-refractivity contribution >= 4 is 44.6 Å². The molecule has 4 amide bonds. The van der Waals surface area contributed by atoms with Crippen LogP contribution in [0.2, 0.25) is 0 Å². The van der Waals surface area contributed by atoms with Gasteiger partial charge in [0.1, 0.15) is 35.0 Å². The minimum Gasteiger partial charge on any atom is -0.472 e. The lowest BCUT2D eigenvalue weighted by Crippen LogP contribution is -2.60. The smallest absolute Gasteiger partial charge is 0.408 e. The van der Waals surface area contributed by atoms with Crippen molar-refractivity contribution in [2.75, 3.05) is 13.3 Å². The number of pyridine rings is 1. The van der Waals surface area contributed by atoms with Crippen molar-refractivity contribution in [2.24, 2.45) is 11.3 Å². The second-order valence-corrected chi connectivity index (χ2v) is 17.9. The van der Waals surface area contributed by atoms with E-state index in [-0.39, 0.29) is 38.7 Å². The monoisotopic (exact) mass is 741 g/mol. The normalized spacial score (nSPS) is 24.9. The summed E-state index contributed by atoms with van der Waals surface area (Å²) >= 11 is 0. The summed E-state index contributed by atoms with van der Waals surface area (Å²) < 4.78 is 50.7. The fourth-order valence-electron chi connectivity index (χ4n) is 6.64. The highest BCUT2D eigenvalue weighted by atomic mass is 32.2. The van der Waals surface area contributed by atoms with Crippen LogP contribution < -0.4 is 24.8 Å². The molecule has 2 aromatic rings. The molecule has 52 heavy (non-hydrogen) atoms. The largest absolute Gasteiger partial charge is 0.472 e. The Bertz CT molecular complexity index is 1900. The molecule has 3 N–H and O–H groups in total. The summed E-state index contributed by atoms with van der Waals surface area (Å²) in [5, 5.41) is 6.26. The molecule has 1 aromatic carbocycles. The van der Waals surface area contributed by atoms with E-state index in [1.54, 1.807) is 41.5 Å². The molecule has 1 saturated heterocycles. The molecule has 282 valence electrons. The third-order valence-electron chi connectivity index (χ3n) is 9.58. The maximum atomic E-state index is 14.5. The molecule has 3 fully saturated rings. The number of hydrogen-bond donors (Lipinski definition) is 3. The minimum absolute atomic E-state index is 0.00219. The maximum Gasteiger partial charge on any atom is 0.408 e. The van der Waals surface area contributed by atoms with E-state index < -0.39 is 79.7 Å². The molecule has 6 rings (SSSR count). The number of alkyl carbamates (subject to hydrolysis) is 1. The number of rotatable bonds is 10. The molecule has 2 aliphatic carbocycles. The van der Waals surface area contributed by atoms with Crippen LogP contribution in [0, 0.1) is 11.3 Å². The third-order valence-corrected chi connectivity index (χ3v) is 11.4. The third kappa shape index (κ3) is 7.68. The van der Waals surface area contributed by atoms with Crippen LogP contribution in [0.3, 0.4) is 0 Å². The van der Waals surface area contributed by atoms with Gasteiger partial charge in [0.05, 0.1) is 18.4 Å². The zero-order valence-corrected chi connectivity index (χ0v) is 31.1. The van der Waals surface area contributed by atoms with Crippen molar-refractivity contribution in [3.05, 3.63) is 42.6 Å². The van der Waals surface area contributed by atoms with Gasteiger partial charge in [0.25, 0.3) is 5.91 Å². The topological polar surface area (TPSA) is 192 Å². The van der Waals surface area contributed by atoms with Gasteiger partial charge in [-0.05, 0) is 51.5 Å². The molecule has 15 nitrogen and oxygen atoms in total. The van der Waals surface area contributed by atoms with Gasteiger partial charge in [0.2, 0.25) is 27.7 Å². The highest BCUT2D eigenvalue weighted by Gasteiger charge is 2.62. The lowest BCUT2D eigenvalue weighted by molar-refractivity contribution is -0.143. The number of hydrogen-bond acceptors (Lipinski definition) is 11. The van der Waals surface area contributed by atoms with Crippen molar-refractivity contribution in [2.45, 2.75) is 108 Å². The molecule has 3 heterocycles. The van der Waals surface area contributed by atoms with E-state index in [9.17, 15) is 27.6 Å². The lowest BCUT2D eigenvalue weighted by atomic mass is 9.85. The second-order valence-electron chi connectivity index (χ2n) is 16.0. The van der Waals surface area contributed by atoms with Gasteiger partial charge in [-0.2, -0.15) is 0 Å². The first-order valence-electron chi connectivity index (χ1n) is 17.4. The van der Waals surface area contributed by atoms with Gasteiger partial charge in [-0.3, -0.25) is 19.1 Å². The van der Waals surface area contributed by atoms with E-state index in [0.717, 1.165) is 5.39 Å². The number of aromatic nitrogens is 1. The number of carbonyl (C=O) groups is 4. The Hall–Kier alpha value is -4.44. The standard InChI is InChI=1S/C36H47N5O10S/c1-8-20-16-36(20,32(44)40-52(46,47)22-13-14-22)39-29(42)26-15-21(17-41(26)31(43)28(34(2,3)4)38-33(45)51-35(5,6)7)50-30-24-12-10-9-11-23(24)27-25(37-30)18-48-19-49-27/h8-12,20-22,26,28H,1,13-19H2,2-7H3,(H,38,45)(H,39,42)(H,40,44)/t20?,21-,26+,28-,36-/m1/s1. The number of benzene rings is 1. The van der Waals surface area contributed by atoms with Gasteiger partial charge in [0.15, 0.2) is 12.5 Å². The predicted molar refractivity (Wildman–Crippen MR) is 188 cm³/mol. The molecular weight excluding hydrogens is 694 g/mol. The summed E-state index contributed by atoms with van der Waals surface area (Å²) in [7, 11) is -3.91. The predicted octanol–water partition coefficient (Wildman–Crippen LogP) is 3.06. The molecule has 2 aliphatic heterocycles. The van der Waals surface area contributed by atoms with Gasteiger partial charge < -0.3 is 34.5 Å². The second kappa shape index (κ2) is 13.5. The summed E-state index contributed by atoms with van der Waals surface area (Å²) in [5.74, 6) is -1.79. The number of sulfonamides is 1. The highest BCUT2D eigenvalue weighted by Crippen LogP contribution is 2.46. The van der Waals surface area contributed by atoms with Crippen LogP contribution in [0.4, 0.5) is 4.79 Å². The van der Waals surface area contributed by atoms with Gasteiger partial charge in [-0.15, -0.1) is 6.58 Å². The molecule has 2 saturated carbocycles. The Kier molecular flexibility index (Phi) is 9.70. The van der Waals surface area contributed by atoms with Crippen LogP contribution in [0.25, 0.3) is 10.8 Å². The number of nitrogens with one attached hydrogen (secondary N) is 3. The summed E-state index contributed by atoms with van der Waals surface area (Å²) in [6, 6.07) is 5.11. The summed E-state index contributed by atoms with van der Waals surface area (Å²) in [6.45, 7) is 14.4. The van der Waals surface area contributed by atoms with Gasteiger partial charge in [0, 0.05) is 23.1 Å². The molecule has 1 unspecified atom stereocenters. The van der Waals surface area contributed by atoms with Crippen LogP contribution >= 0.6 is 0 Å². The Labute approximate surface area is 303 Å². The quantitative estimate of drug-likeness (QED) is 0.304. The van der Waals surface area contributed by atoms with Crippen molar-refractivity contribution in [1.82, 2.24) is 25.2 Å². The number of fused-ring (bicyclic) bond motifs is 3. The zero-order chi connectivity index (χ0) is 37.8. The molecule has 0 radical (unpaired) electrons. The molecule has 16 heteroatoms. The van der Waals surface area contributed by atoms with Crippen molar-refractivity contribution in [1.29, 1.82) is 0 Å². The number of likely N-dealkylation sites (tertiary alicyclic amines) is 1. The van der Waals surface area contributed by atoms with Crippen LogP contribution in [-0.2, 0) is 40.5 Å². The SMILES string of the molecule is C=CC1C[C@]1(NC(=O)[C@@H]1C[C@@H](Oc2nc3c(c4ccccc24)OCOC3)CN1C(=O)[C@@H](NC(=O)OC(C)(C)C)C(C)(C)C)C(=O)NS(=O)(=O)C1CC1. The Balaban J connectivity index is 1.31. The number of amides is 4. The first kappa shape index (κ1) is 37.3. The zero-order valence-electron chi connectivity index (χ0n) is 30.3. The Morgan fingerprint density at radius 1 is 1.10 bits per heavy atom. The highest BCUT2D eigenvalue weighted by molar-refractivity contribution is 7.91. The van der Waals surface area contributed by atoms with E-state index >= 15 is 0 Å². The Morgan fingerprint density at radius 2 is 1.79 bits per heavy atom. The summed E-state index contributed by atoms with van der Waals surface area (Å²) in [5.41, 5.74) is -2.69. The van der Waals surface area contributed by atoms with Crippen LogP contribution in [0.5, 0.6) is 11.6 Å². The van der Waals surface area contributed by atoms with E-state index in [1.165, 1.54) is 11.0 Å². The average Bonchev–Trinajstić information content (AvgIpc) is 3.99. The molecule has 0 spiro atoms. The lowest BCUT2D eigenvalue weighted by Gasteiger charge is -2.36. The average molecular weight is 742 g/mol.